The van der Waals surface area contributed by atoms with E-state index in [-0.39, 0.29) is 30.8 Å². The van der Waals surface area contributed by atoms with Crippen molar-refractivity contribution in [3.63, 3.8) is 0 Å². The van der Waals surface area contributed by atoms with Crippen molar-refractivity contribution in [2.24, 2.45) is 5.92 Å². The number of hydrogen-bond acceptors (Lipinski definition) is 4. The van der Waals surface area contributed by atoms with E-state index in [4.69, 9.17) is 0 Å². The summed E-state index contributed by atoms with van der Waals surface area (Å²) in [4.78, 5) is 43.0. The summed E-state index contributed by atoms with van der Waals surface area (Å²) in [5, 5.41) is 0. The number of amides is 4. The van der Waals surface area contributed by atoms with Crippen LogP contribution in [0, 0.1) is 5.92 Å². The van der Waals surface area contributed by atoms with Crippen LogP contribution >= 0.6 is 0 Å². The van der Waals surface area contributed by atoms with Crippen LogP contribution in [0.2, 0.25) is 0 Å². The van der Waals surface area contributed by atoms with Crippen molar-refractivity contribution in [3.8, 4) is 0 Å². The molecule has 2 aliphatic heterocycles. The van der Waals surface area contributed by atoms with Crippen molar-refractivity contribution in [2.75, 3.05) is 50.1 Å². The highest BCUT2D eigenvalue weighted by atomic mass is 16.2. The predicted octanol–water partition coefficient (Wildman–Crippen LogP) is 1.000. The minimum atomic E-state index is -0.415. The van der Waals surface area contributed by atoms with Gasteiger partial charge in [0.15, 0.2) is 0 Å². The normalized spacial score (nSPS) is 21.2. The van der Waals surface area contributed by atoms with Crippen LogP contribution in [0.15, 0.2) is 24.3 Å². The first-order chi connectivity index (χ1) is 11.4. The summed E-state index contributed by atoms with van der Waals surface area (Å²) < 4.78 is 0. The summed E-state index contributed by atoms with van der Waals surface area (Å²) in [6.07, 6.45) is 0. The number of anilines is 2. The number of para-hydroxylation sites is 2. The van der Waals surface area contributed by atoms with E-state index in [2.05, 4.69) is 11.8 Å². The summed E-state index contributed by atoms with van der Waals surface area (Å²) in [6.45, 7) is 3.30. The van der Waals surface area contributed by atoms with Crippen LogP contribution in [-0.4, -0.2) is 67.9 Å². The molecule has 1 atom stereocenters. The Labute approximate surface area is 141 Å². The van der Waals surface area contributed by atoms with E-state index in [0.717, 1.165) is 22.8 Å². The van der Waals surface area contributed by atoms with Crippen molar-refractivity contribution in [3.05, 3.63) is 24.3 Å². The van der Waals surface area contributed by atoms with E-state index in [1.54, 1.807) is 11.9 Å². The molecule has 0 spiro atoms. The molecule has 0 aliphatic carbocycles. The number of fused-ring (bicyclic) bond motifs is 1. The Morgan fingerprint density at radius 2 is 1.75 bits per heavy atom. The smallest absolute Gasteiger partial charge is 0.327 e. The first-order valence-electron chi connectivity index (χ1n) is 8.04. The van der Waals surface area contributed by atoms with Gasteiger partial charge in [0.2, 0.25) is 5.91 Å². The van der Waals surface area contributed by atoms with Gasteiger partial charge in [-0.05, 0) is 18.1 Å². The molecule has 2 heterocycles. The average Bonchev–Trinajstić information content (AvgIpc) is 2.70. The van der Waals surface area contributed by atoms with Crippen LogP contribution in [0.5, 0.6) is 0 Å². The quantitative estimate of drug-likeness (QED) is 0.759. The molecule has 7 heteroatoms. The molecule has 2 aliphatic rings. The average molecular weight is 330 g/mol. The van der Waals surface area contributed by atoms with Gasteiger partial charge in [0.05, 0.1) is 11.4 Å². The van der Waals surface area contributed by atoms with Crippen LogP contribution in [0.25, 0.3) is 0 Å². The molecule has 0 saturated carbocycles. The molecule has 0 radical (unpaired) electrons. The number of benzene rings is 1. The topological polar surface area (TPSA) is 64.2 Å². The number of likely N-dealkylation sites (N-methyl/N-ethyl adjacent to an activating group) is 1. The Kier molecular flexibility index (Phi) is 4.17. The number of urea groups is 1. The zero-order chi connectivity index (χ0) is 17.4. The monoisotopic (exact) mass is 330 g/mol. The summed E-state index contributed by atoms with van der Waals surface area (Å²) in [5.74, 6) is -0.287. The maximum absolute atomic E-state index is 12.9. The Balaban J connectivity index is 1.87. The van der Waals surface area contributed by atoms with Crippen molar-refractivity contribution >= 4 is 29.2 Å². The second-order valence-electron chi connectivity index (χ2n) is 6.60. The number of rotatable bonds is 2. The molecule has 3 rings (SSSR count). The lowest BCUT2D eigenvalue weighted by molar-refractivity contribution is -0.129. The van der Waals surface area contributed by atoms with Crippen LogP contribution < -0.4 is 9.80 Å². The summed E-state index contributed by atoms with van der Waals surface area (Å²) >= 11 is 0. The van der Waals surface area contributed by atoms with E-state index in [9.17, 15) is 14.4 Å². The third-order valence-corrected chi connectivity index (χ3v) is 4.49. The van der Waals surface area contributed by atoms with Gasteiger partial charge in [-0.25, -0.2) is 4.79 Å². The van der Waals surface area contributed by atoms with Crippen LogP contribution in [0.4, 0.5) is 16.2 Å². The fraction of sp³-hybridized carbons (Fsp3) is 0.471. The van der Waals surface area contributed by atoms with Gasteiger partial charge in [-0.1, -0.05) is 19.1 Å². The van der Waals surface area contributed by atoms with Gasteiger partial charge in [-0.3, -0.25) is 14.5 Å². The highest BCUT2D eigenvalue weighted by molar-refractivity contribution is 6.07. The third-order valence-electron chi connectivity index (χ3n) is 4.49. The molecular weight excluding hydrogens is 308 g/mol. The molecule has 0 aromatic heterocycles. The molecule has 128 valence electrons. The standard InChI is InChI=1S/C17H22N4O3/c1-12-8-18(2)13-6-4-5-7-14(13)20(9-12)16(23)11-21-15(22)10-19(3)17(21)24/h4-7,12H,8-11H2,1-3H3. The zero-order valence-electron chi connectivity index (χ0n) is 14.2. The van der Waals surface area contributed by atoms with Gasteiger partial charge in [0.25, 0.3) is 5.91 Å². The molecule has 0 N–H and O–H groups in total. The van der Waals surface area contributed by atoms with E-state index in [1.807, 2.05) is 31.3 Å². The summed E-state index contributed by atoms with van der Waals surface area (Å²) in [5.41, 5.74) is 1.80. The molecule has 1 saturated heterocycles. The second kappa shape index (κ2) is 6.14. The minimum absolute atomic E-state index is 0.0296. The first-order valence-corrected chi connectivity index (χ1v) is 8.04. The van der Waals surface area contributed by atoms with Crippen molar-refractivity contribution in [1.82, 2.24) is 9.80 Å². The van der Waals surface area contributed by atoms with E-state index in [0.29, 0.717) is 6.54 Å². The fourth-order valence-corrected chi connectivity index (χ4v) is 3.33. The lowest BCUT2D eigenvalue weighted by Crippen LogP contribution is -2.44. The van der Waals surface area contributed by atoms with Crippen molar-refractivity contribution < 1.29 is 14.4 Å². The van der Waals surface area contributed by atoms with Gasteiger partial charge in [0.1, 0.15) is 13.1 Å². The third kappa shape index (κ3) is 2.81. The van der Waals surface area contributed by atoms with Gasteiger partial charge in [-0.15, -0.1) is 0 Å². The Morgan fingerprint density at radius 1 is 1.08 bits per heavy atom. The molecule has 1 unspecified atom stereocenters. The van der Waals surface area contributed by atoms with Crippen LogP contribution in [-0.2, 0) is 9.59 Å². The molecule has 7 nitrogen and oxygen atoms in total. The zero-order valence-corrected chi connectivity index (χ0v) is 14.2. The van der Waals surface area contributed by atoms with Gasteiger partial charge in [-0.2, -0.15) is 0 Å². The van der Waals surface area contributed by atoms with E-state index >= 15 is 0 Å². The van der Waals surface area contributed by atoms with Crippen molar-refractivity contribution in [1.29, 1.82) is 0 Å². The Bertz CT molecular complexity index is 690. The van der Waals surface area contributed by atoms with Gasteiger partial charge in [0, 0.05) is 27.2 Å². The Hall–Kier alpha value is -2.57. The highest BCUT2D eigenvalue weighted by Gasteiger charge is 2.37. The molecule has 4 amide bonds. The molecule has 1 aromatic carbocycles. The summed E-state index contributed by atoms with van der Waals surface area (Å²) in [6, 6.07) is 7.30. The van der Waals surface area contributed by atoms with Crippen molar-refractivity contribution in [2.45, 2.75) is 6.92 Å². The number of hydrogen-bond donors (Lipinski definition) is 0. The lowest BCUT2D eigenvalue weighted by atomic mass is 10.1. The molecule has 1 fully saturated rings. The number of imide groups is 1. The van der Waals surface area contributed by atoms with E-state index < -0.39 is 6.03 Å². The Morgan fingerprint density at radius 3 is 2.38 bits per heavy atom. The first kappa shape index (κ1) is 16.3. The van der Waals surface area contributed by atoms with Crippen LogP contribution in [0.3, 0.4) is 0 Å². The SMILES string of the molecule is CC1CN(C)c2ccccc2N(C(=O)CN2C(=O)CN(C)C2=O)C1. The maximum Gasteiger partial charge on any atom is 0.327 e. The molecule has 24 heavy (non-hydrogen) atoms. The molecule has 1 aromatic rings. The summed E-state index contributed by atoms with van der Waals surface area (Å²) in [7, 11) is 3.56. The fourth-order valence-electron chi connectivity index (χ4n) is 3.33. The molecule has 0 bridgehead atoms. The minimum Gasteiger partial charge on any atom is -0.373 e. The highest BCUT2D eigenvalue weighted by Crippen LogP contribution is 2.32. The van der Waals surface area contributed by atoms with E-state index in [1.165, 1.54) is 4.90 Å². The predicted molar refractivity (Wildman–Crippen MR) is 91.0 cm³/mol. The maximum atomic E-state index is 12.9. The second-order valence-corrected chi connectivity index (χ2v) is 6.60. The van der Waals surface area contributed by atoms with Gasteiger partial charge < -0.3 is 14.7 Å². The lowest BCUT2D eigenvalue weighted by Gasteiger charge is -2.26. The number of nitrogens with zero attached hydrogens (tertiary/aromatic N) is 4. The van der Waals surface area contributed by atoms with Gasteiger partial charge >= 0.3 is 6.03 Å². The number of carbonyl (C=O) groups is 3. The van der Waals surface area contributed by atoms with Crippen LogP contribution in [0.1, 0.15) is 6.92 Å². The molecular formula is C17H22N4O3. The largest absolute Gasteiger partial charge is 0.373 e. The number of carbonyl (C=O) groups excluding carboxylic acids is 3.